The summed E-state index contributed by atoms with van der Waals surface area (Å²) in [4.78, 5) is 4.64. The number of benzene rings is 2. The van der Waals surface area contributed by atoms with Crippen molar-refractivity contribution < 1.29 is 4.74 Å². The summed E-state index contributed by atoms with van der Waals surface area (Å²) in [5, 5.41) is 15.4. The van der Waals surface area contributed by atoms with Crippen molar-refractivity contribution in [2.45, 2.75) is 10.9 Å². The van der Waals surface area contributed by atoms with Crippen LogP contribution < -0.4 is 10.1 Å². The fraction of sp³-hybridized carbons (Fsp3) is 0.105. The zero-order chi connectivity index (χ0) is 18.5. The van der Waals surface area contributed by atoms with Gasteiger partial charge < -0.3 is 10.1 Å². The number of ether oxygens (including phenoxy) is 1. The fourth-order valence-corrected chi connectivity index (χ4v) is 4.13. The first-order chi connectivity index (χ1) is 13.3. The average Bonchev–Trinajstić information content (AvgIpc) is 3.36. The SMILES string of the molecule is COc1cccc(-n2cnnc2SCc2csc(Nc3ccccc3)n2)c1. The van der Waals surface area contributed by atoms with E-state index in [0.717, 1.165) is 38.9 Å². The monoisotopic (exact) mass is 395 g/mol. The lowest BCUT2D eigenvalue weighted by atomic mass is 10.3. The molecular formula is C19H17N5OS2. The quantitative estimate of drug-likeness (QED) is 0.455. The first-order valence-electron chi connectivity index (χ1n) is 8.25. The van der Waals surface area contributed by atoms with Crippen LogP contribution in [-0.2, 0) is 5.75 Å². The van der Waals surface area contributed by atoms with Gasteiger partial charge in [0.05, 0.1) is 18.5 Å². The van der Waals surface area contributed by atoms with Gasteiger partial charge in [0, 0.05) is 22.9 Å². The van der Waals surface area contributed by atoms with Gasteiger partial charge in [-0.05, 0) is 24.3 Å². The summed E-state index contributed by atoms with van der Waals surface area (Å²) < 4.78 is 7.24. The first-order valence-corrected chi connectivity index (χ1v) is 10.1. The molecular weight excluding hydrogens is 378 g/mol. The zero-order valence-electron chi connectivity index (χ0n) is 14.6. The third-order valence-electron chi connectivity index (χ3n) is 3.77. The smallest absolute Gasteiger partial charge is 0.195 e. The Morgan fingerprint density at radius 3 is 2.89 bits per heavy atom. The largest absolute Gasteiger partial charge is 0.497 e. The van der Waals surface area contributed by atoms with Crippen LogP contribution in [0.2, 0.25) is 0 Å². The van der Waals surface area contributed by atoms with Gasteiger partial charge in [0.1, 0.15) is 12.1 Å². The molecule has 0 fully saturated rings. The lowest BCUT2D eigenvalue weighted by molar-refractivity contribution is 0.414. The van der Waals surface area contributed by atoms with Crippen molar-refractivity contribution in [3.05, 3.63) is 72.0 Å². The molecule has 0 radical (unpaired) electrons. The molecule has 1 N–H and O–H groups in total. The zero-order valence-corrected chi connectivity index (χ0v) is 16.2. The number of nitrogens with zero attached hydrogens (tertiary/aromatic N) is 4. The summed E-state index contributed by atoms with van der Waals surface area (Å²) in [5.41, 5.74) is 3.00. The van der Waals surface area contributed by atoms with E-state index in [1.165, 1.54) is 0 Å². The van der Waals surface area contributed by atoms with Crippen molar-refractivity contribution in [1.29, 1.82) is 0 Å². The van der Waals surface area contributed by atoms with Gasteiger partial charge in [0.15, 0.2) is 10.3 Å². The van der Waals surface area contributed by atoms with E-state index in [0.29, 0.717) is 0 Å². The van der Waals surface area contributed by atoms with E-state index in [-0.39, 0.29) is 0 Å². The summed E-state index contributed by atoms with van der Waals surface area (Å²) >= 11 is 3.19. The number of thiazole rings is 1. The van der Waals surface area contributed by atoms with Crippen molar-refractivity contribution in [2.24, 2.45) is 0 Å². The minimum Gasteiger partial charge on any atom is -0.497 e. The van der Waals surface area contributed by atoms with Crippen LogP contribution in [0, 0.1) is 0 Å². The molecule has 0 aliphatic rings. The van der Waals surface area contributed by atoms with Crippen molar-refractivity contribution in [3.63, 3.8) is 0 Å². The Bertz CT molecular complexity index is 1020. The minimum absolute atomic E-state index is 0.718. The average molecular weight is 396 g/mol. The van der Waals surface area contributed by atoms with Crippen molar-refractivity contribution in [2.75, 3.05) is 12.4 Å². The molecule has 0 saturated heterocycles. The van der Waals surface area contributed by atoms with E-state index in [2.05, 4.69) is 25.9 Å². The van der Waals surface area contributed by atoms with Gasteiger partial charge >= 0.3 is 0 Å². The van der Waals surface area contributed by atoms with Crippen LogP contribution in [0.4, 0.5) is 10.8 Å². The fourth-order valence-electron chi connectivity index (χ4n) is 2.47. The van der Waals surface area contributed by atoms with Gasteiger partial charge in [0.25, 0.3) is 0 Å². The van der Waals surface area contributed by atoms with Gasteiger partial charge in [-0.3, -0.25) is 4.57 Å². The Hall–Kier alpha value is -2.84. The van der Waals surface area contributed by atoms with Gasteiger partial charge in [-0.25, -0.2) is 4.98 Å². The molecule has 6 nitrogen and oxygen atoms in total. The maximum atomic E-state index is 5.30. The maximum absolute atomic E-state index is 5.30. The highest BCUT2D eigenvalue weighted by Gasteiger charge is 2.10. The second-order valence-electron chi connectivity index (χ2n) is 5.61. The lowest BCUT2D eigenvalue weighted by Crippen LogP contribution is -1.96. The van der Waals surface area contributed by atoms with Crippen molar-refractivity contribution in [1.82, 2.24) is 19.7 Å². The number of para-hydroxylation sites is 1. The van der Waals surface area contributed by atoms with Crippen LogP contribution in [-0.4, -0.2) is 26.9 Å². The normalized spacial score (nSPS) is 10.7. The van der Waals surface area contributed by atoms with E-state index in [9.17, 15) is 0 Å². The molecule has 4 rings (SSSR count). The number of aromatic nitrogens is 4. The highest BCUT2D eigenvalue weighted by Crippen LogP contribution is 2.27. The van der Waals surface area contributed by atoms with Crippen molar-refractivity contribution in [3.8, 4) is 11.4 Å². The Labute approximate surface area is 165 Å². The van der Waals surface area contributed by atoms with Crippen LogP contribution >= 0.6 is 23.1 Å². The predicted octanol–water partition coefficient (Wildman–Crippen LogP) is 4.77. The number of rotatable bonds is 7. The molecule has 0 bridgehead atoms. The van der Waals surface area contributed by atoms with Gasteiger partial charge in [-0.15, -0.1) is 21.5 Å². The molecule has 0 unspecified atom stereocenters. The molecule has 136 valence electrons. The number of nitrogens with one attached hydrogen (secondary N) is 1. The van der Waals surface area contributed by atoms with Crippen LogP contribution in [0.5, 0.6) is 5.75 Å². The van der Waals surface area contributed by atoms with E-state index < -0.39 is 0 Å². The molecule has 0 saturated carbocycles. The molecule has 0 spiro atoms. The number of hydrogen-bond acceptors (Lipinski definition) is 7. The van der Waals surface area contributed by atoms with E-state index in [4.69, 9.17) is 4.74 Å². The van der Waals surface area contributed by atoms with E-state index in [1.54, 1.807) is 36.5 Å². The molecule has 0 aliphatic heterocycles. The summed E-state index contributed by atoms with van der Waals surface area (Å²) in [6.45, 7) is 0. The summed E-state index contributed by atoms with van der Waals surface area (Å²) in [6.07, 6.45) is 1.71. The summed E-state index contributed by atoms with van der Waals surface area (Å²) in [6, 6.07) is 17.9. The summed E-state index contributed by atoms with van der Waals surface area (Å²) in [7, 11) is 1.66. The van der Waals surface area contributed by atoms with Crippen LogP contribution in [0.25, 0.3) is 5.69 Å². The molecule has 0 aliphatic carbocycles. The van der Waals surface area contributed by atoms with Crippen LogP contribution in [0.15, 0.2) is 71.5 Å². The molecule has 2 heterocycles. The highest BCUT2D eigenvalue weighted by atomic mass is 32.2. The Morgan fingerprint density at radius 1 is 1.15 bits per heavy atom. The lowest BCUT2D eigenvalue weighted by Gasteiger charge is -2.07. The minimum atomic E-state index is 0.718. The molecule has 2 aromatic heterocycles. The third-order valence-corrected chi connectivity index (χ3v) is 5.56. The molecule has 2 aromatic carbocycles. The Morgan fingerprint density at radius 2 is 2.04 bits per heavy atom. The molecule has 4 aromatic rings. The number of thioether (sulfide) groups is 1. The van der Waals surface area contributed by atoms with Crippen molar-refractivity contribution >= 4 is 33.9 Å². The second kappa shape index (κ2) is 8.24. The van der Waals surface area contributed by atoms with Crippen LogP contribution in [0.1, 0.15) is 5.69 Å². The molecule has 8 heteroatoms. The number of hydrogen-bond donors (Lipinski definition) is 1. The van der Waals surface area contributed by atoms with Gasteiger partial charge in [-0.2, -0.15) is 0 Å². The Balaban J connectivity index is 1.43. The molecule has 0 atom stereocenters. The number of anilines is 2. The Kier molecular flexibility index (Phi) is 5.36. The van der Waals surface area contributed by atoms with Gasteiger partial charge in [-0.1, -0.05) is 36.0 Å². The number of methoxy groups -OCH3 is 1. The van der Waals surface area contributed by atoms with Gasteiger partial charge in [0.2, 0.25) is 0 Å². The first kappa shape index (κ1) is 17.6. The highest BCUT2D eigenvalue weighted by molar-refractivity contribution is 7.98. The predicted molar refractivity (Wildman–Crippen MR) is 109 cm³/mol. The maximum Gasteiger partial charge on any atom is 0.195 e. The third kappa shape index (κ3) is 4.29. The standard InChI is InChI=1S/C19H17N5OS2/c1-25-17-9-5-8-16(10-17)24-13-20-23-19(24)27-12-15-11-26-18(22-15)21-14-6-3-2-4-7-14/h2-11,13H,12H2,1H3,(H,21,22). The van der Waals surface area contributed by atoms with E-state index in [1.807, 2.05) is 59.2 Å². The molecule has 0 amide bonds. The molecule has 27 heavy (non-hydrogen) atoms. The summed E-state index contributed by atoms with van der Waals surface area (Å²) in [5.74, 6) is 1.52. The van der Waals surface area contributed by atoms with Crippen LogP contribution in [0.3, 0.4) is 0 Å². The second-order valence-corrected chi connectivity index (χ2v) is 7.41. The topological polar surface area (TPSA) is 64.9 Å². The van der Waals surface area contributed by atoms with E-state index >= 15 is 0 Å².